The van der Waals surface area contributed by atoms with Crippen LogP contribution in [0.25, 0.3) is 11.3 Å². The number of benzene rings is 1. The number of hydrogen-bond acceptors (Lipinski definition) is 3. The van der Waals surface area contributed by atoms with Crippen LogP contribution >= 0.6 is 31.9 Å². The van der Waals surface area contributed by atoms with E-state index >= 15 is 0 Å². The van der Waals surface area contributed by atoms with Crippen molar-refractivity contribution in [1.29, 1.82) is 0 Å². The molecule has 0 amide bonds. The molecular formula is C10H5Br2NO2. The first kappa shape index (κ1) is 10.6. The van der Waals surface area contributed by atoms with E-state index in [0.29, 0.717) is 15.9 Å². The molecule has 1 heterocycles. The molecule has 0 aliphatic heterocycles. The summed E-state index contributed by atoms with van der Waals surface area (Å²) in [5.74, 6) is 0. The largest absolute Gasteiger partial charge is 0.348 e. The molecular weight excluding hydrogens is 326 g/mol. The Morgan fingerprint density at radius 2 is 2.00 bits per heavy atom. The minimum Gasteiger partial charge on any atom is -0.348 e. The van der Waals surface area contributed by atoms with E-state index in [4.69, 9.17) is 4.52 Å². The zero-order valence-electron chi connectivity index (χ0n) is 7.41. The van der Waals surface area contributed by atoms with Gasteiger partial charge in [0, 0.05) is 10.0 Å². The highest BCUT2D eigenvalue weighted by Crippen LogP contribution is 2.32. The monoisotopic (exact) mass is 329 g/mol. The van der Waals surface area contributed by atoms with E-state index in [-0.39, 0.29) is 0 Å². The third-order valence-corrected chi connectivity index (χ3v) is 3.19. The van der Waals surface area contributed by atoms with Crippen LogP contribution in [-0.2, 0) is 0 Å². The molecule has 0 aliphatic rings. The van der Waals surface area contributed by atoms with E-state index in [0.717, 1.165) is 16.3 Å². The Labute approximate surface area is 103 Å². The molecule has 0 aliphatic carbocycles. The lowest BCUT2D eigenvalue weighted by atomic mass is 10.1. The minimum absolute atomic E-state index is 0.350. The number of aromatic nitrogens is 1. The predicted molar refractivity (Wildman–Crippen MR) is 62.7 cm³/mol. The van der Waals surface area contributed by atoms with Crippen LogP contribution in [0.1, 0.15) is 10.4 Å². The average Bonchev–Trinajstić information content (AvgIpc) is 2.60. The fourth-order valence-electron chi connectivity index (χ4n) is 1.23. The molecule has 2 aromatic rings. The molecule has 0 unspecified atom stereocenters. The van der Waals surface area contributed by atoms with Gasteiger partial charge in [-0.1, -0.05) is 39.3 Å². The van der Waals surface area contributed by atoms with E-state index in [1.165, 1.54) is 0 Å². The first-order valence-electron chi connectivity index (χ1n) is 4.09. The van der Waals surface area contributed by atoms with Gasteiger partial charge in [0.25, 0.3) is 0 Å². The topological polar surface area (TPSA) is 43.1 Å². The quantitative estimate of drug-likeness (QED) is 0.789. The fourth-order valence-corrected chi connectivity index (χ4v) is 2.05. The number of aldehydes is 1. The molecule has 0 radical (unpaired) electrons. The minimum atomic E-state index is 0.350. The molecule has 0 spiro atoms. The Morgan fingerprint density at radius 3 is 2.67 bits per heavy atom. The van der Waals surface area contributed by atoms with Crippen LogP contribution in [0.15, 0.2) is 37.9 Å². The first-order valence-corrected chi connectivity index (χ1v) is 5.68. The van der Waals surface area contributed by atoms with Gasteiger partial charge >= 0.3 is 0 Å². The zero-order valence-corrected chi connectivity index (χ0v) is 10.6. The summed E-state index contributed by atoms with van der Waals surface area (Å²) < 4.78 is 6.13. The molecule has 2 rings (SSSR count). The van der Waals surface area contributed by atoms with Crippen molar-refractivity contribution in [3.05, 3.63) is 39.0 Å². The van der Waals surface area contributed by atoms with E-state index < -0.39 is 0 Å². The van der Waals surface area contributed by atoms with Gasteiger partial charge in [0.05, 0.1) is 5.56 Å². The lowest BCUT2D eigenvalue weighted by Gasteiger charge is -1.99. The van der Waals surface area contributed by atoms with E-state index in [1.54, 1.807) is 0 Å². The van der Waals surface area contributed by atoms with Gasteiger partial charge in [-0.25, -0.2) is 0 Å². The number of carbonyl (C=O) groups excluding carboxylic acids is 1. The summed E-state index contributed by atoms with van der Waals surface area (Å²) in [6.45, 7) is 0. The molecule has 15 heavy (non-hydrogen) atoms. The van der Waals surface area contributed by atoms with Crippen molar-refractivity contribution < 1.29 is 9.32 Å². The van der Waals surface area contributed by atoms with Crippen LogP contribution in [0.2, 0.25) is 0 Å². The maximum absolute atomic E-state index is 10.8. The van der Waals surface area contributed by atoms with E-state index in [2.05, 4.69) is 37.0 Å². The molecule has 0 saturated carbocycles. The Morgan fingerprint density at radius 1 is 1.27 bits per heavy atom. The van der Waals surface area contributed by atoms with Crippen molar-refractivity contribution in [3.63, 3.8) is 0 Å². The Hall–Kier alpha value is -0.940. The summed E-state index contributed by atoms with van der Waals surface area (Å²) >= 11 is 6.52. The summed E-state index contributed by atoms with van der Waals surface area (Å²) in [4.78, 5) is 10.8. The normalized spacial score (nSPS) is 10.3. The molecule has 0 bridgehead atoms. The van der Waals surface area contributed by atoms with Crippen LogP contribution < -0.4 is 0 Å². The van der Waals surface area contributed by atoms with Crippen molar-refractivity contribution in [3.8, 4) is 11.3 Å². The Bertz CT molecular complexity index is 508. The number of carbonyl (C=O) groups is 1. The summed E-state index contributed by atoms with van der Waals surface area (Å²) in [7, 11) is 0. The Balaban J connectivity index is 2.64. The van der Waals surface area contributed by atoms with Crippen LogP contribution in [-0.4, -0.2) is 11.4 Å². The van der Waals surface area contributed by atoms with Gasteiger partial charge in [-0.15, -0.1) is 0 Å². The predicted octanol–water partition coefficient (Wildman–Crippen LogP) is 3.68. The summed E-state index contributed by atoms with van der Waals surface area (Å²) in [6.07, 6.45) is 0.718. The molecule has 0 saturated heterocycles. The maximum atomic E-state index is 10.8. The second-order valence-corrected chi connectivity index (χ2v) is 4.39. The molecule has 0 N–H and O–H groups in total. The molecule has 0 fully saturated rings. The van der Waals surface area contributed by atoms with Gasteiger partial charge < -0.3 is 4.52 Å². The summed E-state index contributed by atoms with van der Waals surface area (Å²) in [5.41, 5.74) is 1.78. The van der Waals surface area contributed by atoms with Gasteiger partial charge in [0.15, 0.2) is 6.29 Å². The average molecular weight is 331 g/mol. The standard InChI is InChI=1S/C10H5Br2NO2/c11-8-4-2-1-3-6(8)9-7(5-14)10(12)15-13-9/h1-5H. The molecule has 1 aromatic carbocycles. The molecule has 5 heteroatoms. The van der Waals surface area contributed by atoms with Crippen molar-refractivity contribution in [1.82, 2.24) is 5.16 Å². The fraction of sp³-hybridized carbons (Fsp3) is 0. The lowest BCUT2D eigenvalue weighted by molar-refractivity contribution is 0.112. The van der Waals surface area contributed by atoms with Crippen molar-refractivity contribution in [2.45, 2.75) is 0 Å². The van der Waals surface area contributed by atoms with Gasteiger partial charge in [-0.2, -0.15) is 0 Å². The molecule has 0 atom stereocenters. The summed E-state index contributed by atoms with van der Waals surface area (Å²) in [6, 6.07) is 7.51. The second kappa shape index (κ2) is 4.28. The van der Waals surface area contributed by atoms with Crippen LogP contribution in [0.3, 0.4) is 0 Å². The highest BCUT2D eigenvalue weighted by molar-refractivity contribution is 9.10. The SMILES string of the molecule is O=Cc1c(-c2ccccc2Br)noc1Br. The van der Waals surface area contributed by atoms with Crippen molar-refractivity contribution >= 4 is 38.1 Å². The van der Waals surface area contributed by atoms with E-state index in [9.17, 15) is 4.79 Å². The van der Waals surface area contributed by atoms with Gasteiger partial charge in [0.1, 0.15) is 5.69 Å². The van der Waals surface area contributed by atoms with Crippen LogP contribution in [0, 0.1) is 0 Å². The zero-order chi connectivity index (χ0) is 10.8. The first-order chi connectivity index (χ1) is 7.24. The highest BCUT2D eigenvalue weighted by Gasteiger charge is 2.16. The van der Waals surface area contributed by atoms with Crippen LogP contribution in [0.5, 0.6) is 0 Å². The van der Waals surface area contributed by atoms with Crippen molar-refractivity contribution in [2.75, 3.05) is 0 Å². The summed E-state index contributed by atoms with van der Waals surface area (Å²) in [5, 5.41) is 3.83. The third-order valence-electron chi connectivity index (χ3n) is 1.93. The number of nitrogens with zero attached hydrogens (tertiary/aromatic N) is 1. The van der Waals surface area contributed by atoms with Gasteiger partial charge in [0.2, 0.25) is 4.67 Å². The van der Waals surface area contributed by atoms with Crippen LogP contribution in [0.4, 0.5) is 0 Å². The van der Waals surface area contributed by atoms with Gasteiger partial charge in [-0.05, 0) is 22.0 Å². The molecule has 76 valence electrons. The number of halogens is 2. The van der Waals surface area contributed by atoms with Crippen molar-refractivity contribution in [2.24, 2.45) is 0 Å². The number of rotatable bonds is 2. The number of hydrogen-bond donors (Lipinski definition) is 0. The lowest BCUT2D eigenvalue weighted by Crippen LogP contribution is -1.85. The highest BCUT2D eigenvalue weighted by atomic mass is 79.9. The van der Waals surface area contributed by atoms with E-state index in [1.807, 2.05) is 24.3 Å². The Kier molecular flexibility index (Phi) is 3.02. The third kappa shape index (κ3) is 1.89. The maximum Gasteiger partial charge on any atom is 0.213 e. The van der Waals surface area contributed by atoms with Gasteiger partial charge in [-0.3, -0.25) is 4.79 Å². The molecule has 1 aromatic heterocycles. The molecule has 3 nitrogen and oxygen atoms in total. The second-order valence-electron chi connectivity index (χ2n) is 2.82. The smallest absolute Gasteiger partial charge is 0.213 e.